The van der Waals surface area contributed by atoms with Gasteiger partial charge in [0.05, 0.1) is 0 Å². The Balaban J connectivity index is 1.79. The first-order chi connectivity index (χ1) is 12.5. The number of carbonyl (C=O) groups excluding carboxylic acids is 2. The molecule has 130 valence electrons. The number of halogens is 1. The number of benzene rings is 2. The van der Waals surface area contributed by atoms with Gasteiger partial charge in [0.2, 0.25) is 0 Å². The lowest BCUT2D eigenvalue weighted by atomic mass is 10.2. The minimum atomic E-state index is -0.342. The van der Waals surface area contributed by atoms with E-state index in [4.69, 9.17) is 11.6 Å². The molecule has 0 saturated heterocycles. The van der Waals surface area contributed by atoms with Gasteiger partial charge < -0.3 is 10.2 Å². The molecule has 0 fully saturated rings. The summed E-state index contributed by atoms with van der Waals surface area (Å²) < 4.78 is 0. The van der Waals surface area contributed by atoms with Crippen molar-refractivity contribution >= 4 is 34.8 Å². The third-order valence-corrected chi connectivity index (χ3v) is 4.01. The van der Waals surface area contributed by atoms with Crippen LogP contribution < -0.4 is 10.2 Å². The van der Waals surface area contributed by atoms with Crippen LogP contribution >= 0.6 is 11.6 Å². The first-order valence-electron chi connectivity index (χ1n) is 7.90. The molecule has 0 aliphatic heterocycles. The van der Waals surface area contributed by atoms with Crippen LogP contribution in [0, 0.1) is 0 Å². The van der Waals surface area contributed by atoms with Gasteiger partial charge in [0.1, 0.15) is 5.69 Å². The lowest BCUT2D eigenvalue weighted by Crippen LogP contribution is -2.27. The second-order valence-corrected chi connectivity index (χ2v) is 6.03. The van der Waals surface area contributed by atoms with E-state index in [-0.39, 0.29) is 17.5 Å². The van der Waals surface area contributed by atoms with Gasteiger partial charge in [0.15, 0.2) is 0 Å². The van der Waals surface area contributed by atoms with E-state index in [1.165, 1.54) is 17.2 Å². The summed E-state index contributed by atoms with van der Waals surface area (Å²) in [6.45, 7) is 0. The van der Waals surface area contributed by atoms with E-state index in [2.05, 4.69) is 10.3 Å². The molecule has 1 heterocycles. The number of hydrogen-bond acceptors (Lipinski definition) is 3. The molecule has 6 heteroatoms. The van der Waals surface area contributed by atoms with E-state index in [9.17, 15) is 9.59 Å². The van der Waals surface area contributed by atoms with E-state index in [1.54, 1.807) is 37.4 Å². The predicted octanol–water partition coefficient (Wildman–Crippen LogP) is 4.26. The Morgan fingerprint density at radius 2 is 1.77 bits per heavy atom. The Hall–Kier alpha value is -3.18. The number of pyridine rings is 1. The summed E-state index contributed by atoms with van der Waals surface area (Å²) in [5.41, 5.74) is 1.85. The van der Waals surface area contributed by atoms with Crippen LogP contribution in [0.5, 0.6) is 0 Å². The highest BCUT2D eigenvalue weighted by Crippen LogP contribution is 2.17. The minimum absolute atomic E-state index is 0.190. The van der Waals surface area contributed by atoms with E-state index < -0.39 is 0 Å². The van der Waals surface area contributed by atoms with Crippen molar-refractivity contribution in [3.05, 3.63) is 89.2 Å². The Morgan fingerprint density at radius 1 is 1.00 bits per heavy atom. The van der Waals surface area contributed by atoms with Gasteiger partial charge in [0, 0.05) is 35.2 Å². The van der Waals surface area contributed by atoms with E-state index in [1.807, 2.05) is 30.3 Å². The van der Waals surface area contributed by atoms with E-state index >= 15 is 0 Å². The summed E-state index contributed by atoms with van der Waals surface area (Å²) in [7, 11) is 1.66. The third kappa shape index (κ3) is 4.07. The largest absolute Gasteiger partial charge is 0.322 e. The summed E-state index contributed by atoms with van der Waals surface area (Å²) >= 11 is 5.92. The van der Waals surface area contributed by atoms with Gasteiger partial charge in [-0.25, -0.2) is 0 Å². The van der Waals surface area contributed by atoms with Crippen LogP contribution in [0.4, 0.5) is 11.4 Å². The molecule has 2 amide bonds. The molecule has 0 bridgehead atoms. The molecule has 26 heavy (non-hydrogen) atoms. The molecule has 0 radical (unpaired) electrons. The zero-order chi connectivity index (χ0) is 18.5. The number of rotatable bonds is 4. The van der Waals surface area contributed by atoms with Crippen molar-refractivity contribution in [3.8, 4) is 0 Å². The first-order valence-corrected chi connectivity index (χ1v) is 8.28. The molecule has 0 unspecified atom stereocenters. The number of hydrogen-bond donors (Lipinski definition) is 1. The third-order valence-electron chi connectivity index (χ3n) is 3.77. The number of para-hydroxylation sites is 1. The highest BCUT2D eigenvalue weighted by molar-refractivity contribution is 6.31. The number of amides is 2. The van der Waals surface area contributed by atoms with Crippen LogP contribution in [0.2, 0.25) is 5.02 Å². The van der Waals surface area contributed by atoms with E-state index in [0.29, 0.717) is 16.3 Å². The molecule has 1 N–H and O–H groups in total. The average Bonchev–Trinajstić information content (AvgIpc) is 2.67. The number of nitrogens with zero attached hydrogens (tertiary/aromatic N) is 2. The van der Waals surface area contributed by atoms with Crippen LogP contribution in [-0.4, -0.2) is 23.8 Å². The van der Waals surface area contributed by atoms with Crippen LogP contribution in [0.15, 0.2) is 72.9 Å². The standard InChI is InChI=1S/C20H16ClN3O2/c1-24(17-8-3-2-4-9-17)20(26)18-12-14(10-11-22-18)19(25)23-16-7-5-6-15(21)13-16/h2-13H,1H3,(H,23,25). The van der Waals surface area contributed by atoms with Gasteiger partial charge in [-0.15, -0.1) is 0 Å². The maximum Gasteiger partial charge on any atom is 0.276 e. The zero-order valence-corrected chi connectivity index (χ0v) is 14.8. The second-order valence-electron chi connectivity index (χ2n) is 5.59. The molecule has 1 aromatic heterocycles. The fourth-order valence-corrected chi connectivity index (χ4v) is 2.59. The van der Waals surface area contributed by atoms with Crippen molar-refractivity contribution in [1.82, 2.24) is 4.98 Å². The minimum Gasteiger partial charge on any atom is -0.322 e. The molecule has 3 rings (SSSR count). The summed E-state index contributed by atoms with van der Waals surface area (Å²) in [6.07, 6.45) is 1.44. The molecule has 0 aliphatic rings. The summed E-state index contributed by atoms with van der Waals surface area (Å²) in [6, 6.07) is 19.1. The van der Waals surface area contributed by atoms with Crippen LogP contribution in [0.25, 0.3) is 0 Å². The van der Waals surface area contributed by atoms with Gasteiger partial charge in [-0.05, 0) is 42.5 Å². The molecule has 0 spiro atoms. The zero-order valence-electron chi connectivity index (χ0n) is 14.0. The highest BCUT2D eigenvalue weighted by Gasteiger charge is 2.17. The smallest absolute Gasteiger partial charge is 0.276 e. The van der Waals surface area contributed by atoms with Gasteiger partial charge in [-0.2, -0.15) is 0 Å². The fraction of sp³-hybridized carbons (Fsp3) is 0.0500. The molecular weight excluding hydrogens is 350 g/mol. The monoisotopic (exact) mass is 365 g/mol. The average molecular weight is 366 g/mol. The molecule has 3 aromatic rings. The molecule has 2 aromatic carbocycles. The van der Waals surface area contributed by atoms with Gasteiger partial charge in [0.25, 0.3) is 11.8 Å². The van der Waals surface area contributed by atoms with Gasteiger partial charge in [-0.3, -0.25) is 14.6 Å². The van der Waals surface area contributed by atoms with E-state index in [0.717, 1.165) is 5.69 Å². The molecule has 5 nitrogen and oxygen atoms in total. The van der Waals surface area contributed by atoms with Crippen molar-refractivity contribution in [3.63, 3.8) is 0 Å². The molecule has 0 atom stereocenters. The molecule has 0 aliphatic carbocycles. The number of nitrogens with one attached hydrogen (secondary N) is 1. The topological polar surface area (TPSA) is 62.3 Å². The highest BCUT2D eigenvalue weighted by atomic mass is 35.5. The predicted molar refractivity (Wildman–Crippen MR) is 103 cm³/mol. The number of aromatic nitrogens is 1. The van der Waals surface area contributed by atoms with Crippen molar-refractivity contribution < 1.29 is 9.59 Å². The quantitative estimate of drug-likeness (QED) is 0.751. The Bertz CT molecular complexity index is 945. The summed E-state index contributed by atoms with van der Waals surface area (Å²) in [4.78, 5) is 30.7. The van der Waals surface area contributed by atoms with Crippen molar-refractivity contribution in [2.24, 2.45) is 0 Å². The maximum atomic E-state index is 12.6. The second kappa shape index (κ2) is 7.80. The van der Waals surface area contributed by atoms with Crippen molar-refractivity contribution in [1.29, 1.82) is 0 Å². The Morgan fingerprint density at radius 3 is 2.50 bits per heavy atom. The number of carbonyl (C=O) groups is 2. The fourth-order valence-electron chi connectivity index (χ4n) is 2.40. The van der Waals surface area contributed by atoms with Crippen LogP contribution in [-0.2, 0) is 0 Å². The maximum absolute atomic E-state index is 12.6. The van der Waals surface area contributed by atoms with Crippen molar-refractivity contribution in [2.45, 2.75) is 0 Å². The lowest BCUT2D eigenvalue weighted by molar-refractivity contribution is 0.0988. The normalized spacial score (nSPS) is 10.2. The van der Waals surface area contributed by atoms with Crippen LogP contribution in [0.1, 0.15) is 20.8 Å². The Labute approximate surface area is 156 Å². The molecule has 0 saturated carbocycles. The van der Waals surface area contributed by atoms with Crippen LogP contribution in [0.3, 0.4) is 0 Å². The Kier molecular flexibility index (Phi) is 5.29. The van der Waals surface area contributed by atoms with Crippen molar-refractivity contribution in [2.75, 3.05) is 17.3 Å². The summed E-state index contributed by atoms with van der Waals surface area (Å²) in [5.74, 6) is -0.639. The first kappa shape index (κ1) is 17.6. The van der Waals surface area contributed by atoms with Gasteiger partial charge in [-0.1, -0.05) is 35.9 Å². The SMILES string of the molecule is CN(C(=O)c1cc(C(=O)Nc2cccc(Cl)c2)ccn1)c1ccccc1. The molecular formula is C20H16ClN3O2. The lowest BCUT2D eigenvalue weighted by Gasteiger charge is -2.17. The number of anilines is 2. The summed E-state index contributed by atoms with van der Waals surface area (Å²) in [5, 5.41) is 3.28. The van der Waals surface area contributed by atoms with Gasteiger partial charge >= 0.3 is 0 Å².